The number of fused-ring (bicyclic) bond motifs is 1. The van der Waals surface area contributed by atoms with Crippen molar-refractivity contribution in [1.82, 2.24) is 48.7 Å². The van der Waals surface area contributed by atoms with Crippen LogP contribution in [0.2, 0.25) is 5.02 Å². The molecule has 290 valence electrons. The van der Waals surface area contributed by atoms with Gasteiger partial charge in [0.25, 0.3) is 10.2 Å². The molecule has 4 atom stereocenters. The third kappa shape index (κ3) is 7.81. The number of aliphatic hydroxyl groups is 1. The number of aliphatic imine (C=N–C) groups is 1. The van der Waals surface area contributed by atoms with Crippen LogP contribution in [0.25, 0.3) is 17.0 Å². The standard InChI is InChI=1S/C35H37ClF3N11O3S2/c1-20(2)50(21(3)17-35(4,51)49-19-28(43-46-49)26-7-5-6-11-40-26)55(52,53)45-23-16-29-30(27-10-13-48(44-27)34(38)39)31(24-9-8-22(37)15-25(24)36)42-32(47(29)18-23)33-41-12-14-54-33/h5-15,19-21,23,31,34,45,51H,16-18H2,1-4H3/t21?,23-,31-,35-/m0/s1. The number of nitrogens with zero attached hydrogens (tertiary/aromatic N) is 10. The van der Waals surface area contributed by atoms with Crippen molar-refractivity contribution < 1.29 is 26.7 Å². The van der Waals surface area contributed by atoms with Gasteiger partial charge in [-0.15, -0.1) is 16.4 Å². The number of rotatable bonds is 13. The summed E-state index contributed by atoms with van der Waals surface area (Å²) >= 11 is 7.89. The lowest BCUT2D eigenvalue weighted by atomic mass is 9.92. The molecule has 14 nitrogen and oxygen atoms in total. The highest BCUT2D eigenvalue weighted by atomic mass is 35.5. The van der Waals surface area contributed by atoms with E-state index in [9.17, 15) is 26.7 Å². The Morgan fingerprint density at radius 3 is 2.56 bits per heavy atom. The monoisotopic (exact) mass is 815 g/mol. The minimum Gasteiger partial charge on any atom is -0.369 e. The zero-order valence-electron chi connectivity index (χ0n) is 30.0. The molecule has 0 aliphatic carbocycles. The Bertz CT molecular complexity index is 2330. The molecule has 2 N–H and O–H groups in total. The molecule has 55 heavy (non-hydrogen) atoms. The van der Waals surface area contributed by atoms with E-state index in [1.807, 2.05) is 4.90 Å². The second-order valence-corrected chi connectivity index (χ2v) is 16.7. The highest BCUT2D eigenvalue weighted by molar-refractivity contribution is 7.87. The average molecular weight is 816 g/mol. The van der Waals surface area contributed by atoms with Gasteiger partial charge in [0.2, 0.25) is 0 Å². The molecule has 2 aliphatic rings. The Hall–Kier alpha value is -4.53. The number of amidine groups is 1. The average Bonchev–Trinajstić information content (AvgIpc) is 3.95. The van der Waals surface area contributed by atoms with Gasteiger partial charge in [0.05, 0.1) is 17.6 Å². The highest BCUT2D eigenvalue weighted by Crippen LogP contribution is 2.46. The summed E-state index contributed by atoms with van der Waals surface area (Å²) in [4.78, 5) is 15.6. The first-order valence-corrected chi connectivity index (χ1v) is 20.0. The van der Waals surface area contributed by atoms with Crippen molar-refractivity contribution in [3.05, 3.63) is 105 Å². The van der Waals surface area contributed by atoms with Crippen molar-refractivity contribution in [2.75, 3.05) is 6.54 Å². The smallest absolute Gasteiger partial charge is 0.333 e. The Labute approximate surface area is 324 Å². The normalized spacial score (nSPS) is 19.3. The van der Waals surface area contributed by atoms with Gasteiger partial charge in [-0.2, -0.15) is 31.3 Å². The number of hydrogen-bond acceptors (Lipinski definition) is 11. The van der Waals surface area contributed by atoms with Gasteiger partial charge in [-0.25, -0.2) is 18.7 Å². The van der Waals surface area contributed by atoms with Crippen LogP contribution in [0.3, 0.4) is 0 Å². The largest absolute Gasteiger partial charge is 0.369 e. The van der Waals surface area contributed by atoms with Gasteiger partial charge in [0.15, 0.2) is 16.6 Å². The zero-order valence-corrected chi connectivity index (χ0v) is 32.4. The number of aromatic nitrogens is 7. The van der Waals surface area contributed by atoms with E-state index in [1.165, 1.54) is 45.4 Å². The molecule has 0 spiro atoms. The molecule has 6 heterocycles. The Morgan fingerprint density at radius 1 is 1.11 bits per heavy atom. The van der Waals surface area contributed by atoms with E-state index in [-0.39, 0.29) is 30.1 Å². The minimum atomic E-state index is -4.24. The molecular formula is C35H37ClF3N11O3S2. The Kier molecular flexibility index (Phi) is 10.7. The first-order valence-electron chi connectivity index (χ1n) is 17.3. The van der Waals surface area contributed by atoms with E-state index in [1.54, 1.807) is 62.9 Å². The topological polar surface area (TPSA) is 160 Å². The number of nitrogens with one attached hydrogen (secondary N) is 1. The van der Waals surface area contributed by atoms with Crippen LogP contribution in [0.4, 0.5) is 13.2 Å². The van der Waals surface area contributed by atoms with Crippen LogP contribution in [-0.4, -0.2) is 88.0 Å². The summed E-state index contributed by atoms with van der Waals surface area (Å²) in [5.74, 6) is -0.153. The number of pyridine rings is 1. The summed E-state index contributed by atoms with van der Waals surface area (Å²) in [7, 11) is -4.24. The molecule has 2 aliphatic heterocycles. The quantitative estimate of drug-likeness (QED) is 0.149. The lowest BCUT2D eigenvalue weighted by Gasteiger charge is -2.36. The van der Waals surface area contributed by atoms with Gasteiger partial charge in [0, 0.05) is 83.3 Å². The number of benzene rings is 1. The molecule has 7 rings (SSSR count). The Morgan fingerprint density at radius 2 is 1.91 bits per heavy atom. The van der Waals surface area contributed by atoms with Crippen LogP contribution >= 0.6 is 22.9 Å². The summed E-state index contributed by atoms with van der Waals surface area (Å²) in [6.07, 6.45) is 6.00. The molecule has 4 aromatic heterocycles. The fourth-order valence-corrected chi connectivity index (χ4v) is 9.92. The van der Waals surface area contributed by atoms with Crippen molar-refractivity contribution in [1.29, 1.82) is 0 Å². The predicted molar refractivity (Wildman–Crippen MR) is 201 cm³/mol. The van der Waals surface area contributed by atoms with Crippen molar-refractivity contribution in [3.63, 3.8) is 0 Å². The van der Waals surface area contributed by atoms with Crippen molar-refractivity contribution in [3.8, 4) is 11.4 Å². The fourth-order valence-electron chi connectivity index (χ4n) is 7.20. The van der Waals surface area contributed by atoms with E-state index >= 15 is 0 Å². The zero-order chi connectivity index (χ0) is 39.2. The number of hydrogen-bond donors (Lipinski definition) is 2. The van der Waals surface area contributed by atoms with Crippen molar-refractivity contribution in [2.24, 2.45) is 4.99 Å². The van der Waals surface area contributed by atoms with Crippen LogP contribution in [0.5, 0.6) is 0 Å². The molecule has 5 aromatic rings. The maximum Gasteiger partial charge on any atom is 0.333 e. The third-order valence-corrected chi connectivity index (χ3v) is 12.4. The molecule has 0 amide bonds. The summed E-state index contributed by atoms with van der Waals surface area (Å²) in [6, 6.07) is 7.73. The second kappa shape index (κ2) is 15.2. The van der Waals surface area contributed by atoms with Crippen LogP contribution in [0, 0.1) is 5.82 Å². The van der Waals surface area contributed by atoms with Gasteiger partial charge < -0.3 is 10.0 Å². The SMILES string of the molecule is CC(C)N(C(C)C[C@](C)(O)n1cc(-c2ccccn2)nn1)S(=O)(=O)N[C@H]1CC2=C(c3ccn(C(F)F)n3)[C@H](c3ccc(F)cc3Cl)N=C(c3nccs3)N2C1. The number of halogens is 4. The summed E-state index contributed by atoms with van der Waals surface area (Å²) in [5.41, 5.74) is 0.944. The first-order chi connectivity index (χ1) is 26.1. The fraction of sp³-hybridized carbons (Fsp3) is 0.371. The van der Waals surface area contributed by atoms with Crippen molar-refractivity contribution >= 4 is 44.6 Å². The van der Waals surface area contributed by atoms with E-state index in [0.29, 0.717) is 43.7 Å². The van der Waals surface area contributed by atoms with E-state index in [2.05, 4.69) is 30.1 Å². The molecule has 0 saturated carbocycles. The van der Waals surface area contributed by atoms with Crippen LogP contribution in [-0.2, 0) is 15.9 Å². The van der Waals surface area contributed by atoms with Gasteiger partial charge >= 0.3 is 6.55 Å². The molecule has 1 saturated heterocycles. The molecule has 0 bridgehead atoms. The minimum absolute atomic E-state index is 0.0447. The van der Waals surface area contributed by atoms with Gasteiger partial charge in [0.1, 0.15) is 17.6 Å². The van der Waals surface area contributed by atoms with Gasteiger partial charge in [-0.3, -0.25) is 9.98 Å². The van der Waals surface area contributed by atoms with E-state index in [0.717, 1.165) is 12.3 Å². The summed E-state index contributed by atoms with van der Waals surface area (Å²) in [5, 5.41) is 26.3. The molecule has 20 heteroatoms. The van der Waals surface area contributed by atoms with Gasteiger partial charge in [-0.05, 0) is 58.0 Å². The molecule has 0 radical (unpaired) electrons. The summed E-state index contributed by atoms with van der Waals surface area (Å²) in [6.45, 7) is 3.90. The van der Waals surface area contributed by atoms with Crippen LogP contribution < -0.4 is 4.72 Å². The molecular weight excluding hydrogens is 779 g/mol. The molecule has 1 aromatic carbocycles. The number of alkyl halides is 2. The van der Waals surface area contributed by atoms with E-state index < -0.39 is 52.5 Å². The molecule has 1 fully saturated rings. The lowest BCUT2D eigenvalue weighted by molar-refractivity contribution is -0.0533. The second-order valence-electron chi connectivity index (χ2n) is 13.8. The van der Waals surface area contributed by atoms with Crippen molar-refractivity contribution in [2.45, 2.75) is 77.0 Å². The lowest BCUT2D eigenvalue weighted by Crippen LogP contribution is -2.54. The maximum absolute atomic E-state index is 14.4. The third-order valence-electron chi connectivity index (χ3n) is 9.36. The highest BCUT2D eigenvalue weighted by Gasteiger charge is 2.44. The predicted octanol–water partition coefficient (Wildman–Crippen LogP) is 5.86. The maximum atomic E-state index is 14.4. The van der Waals surface area contributed by atoms with E-state index in [4.69, 9.17) is 16.6 Å². The van der Waals surface area contributed by atoms with Gasteiger partial charge in [-0.1, -0.05) is 28.9 Å². The first kappa shape index (κ1) is 38.7. The summed E-state index contributed by atoms with van der Waals surface area (Å²) < 4.78 is 76.5. The molecule has 1 unspecified atom stereocenters. The van der Waals surface area contributed by atoms with Crippen LogP contribution in [0.15, 0.2) is 83.3 Å². The number of thiazole rings is 1. The van der Waals surface area contributed by atoms with Crippen LogP contribution in [0.1, 0.15) is 69.4 Å². The Balaban J connectivity index is 1.21.